The molecule has 0 spiro atoms. The summed E-state index contributed by atoms with van der Waals surface area (Å²) in [6.07, 6.45) is 0.125. The van der Waals surface area contributed by atoms with E-state index in [2.05, 4.69) is 0 Å². The summed E-state index contributed by atoms with van der Waals surface area (Å²) in [6.45, 7) is 1.69. The third kappa shape index (κ3) is 3.09. The molecule has 0 heterocycles. The number of rotatable bonds is 7. The van der Waals surface area contributed by atoms with Crippen LogP contribution in [0.25, 0.3) is 0 Å². The van der Waals surface area contributed by atoms with E-state index in [1.165, 1.54) is 36.4 Å². The minimum Gasteiger partial charge on any atom is -0.468 e. The molecule has 8 nitrogen and oxygen atoms in total. The van der Waals surface area contributed by atoms with Crippen molar-refractivity contribution in [1.82, 2.24) is 0 Å². The Morgan fingerprint density at radius 2 is 1.52 bits per heavy atom. The fraction of sp³-hybridized carbons (Fsp3) is 0.318. The monoisotopic (exact) mass is 445 g/mol. The maximum absolute atomic E-state index is 13.7. The number of carbonyl (C=O) groups is 3. The van der Waals surface area contributed by atoms with Gasteiger partial charge in [-0.15, -0.1) is 0 Å². The predicted molar refractivity (Wildman–Crippen MR) is 111 cm³/mol. The molecule has 2 aromatic rings. The van der Waals surface area contributed by atoms with Gasteiger partial charge in [0.1, 0.15) is 0 Å². The summed E-state index contributed by atoms with van der Waals surface area (Å²) in [4.78, 5) is 50.2. The van der Waals surface area contributed by atoms with E-state index in [1.807, 2.05) is 0 Å². The summed E-state index contributed by atoms with van der Waals surface area (Å²) in [5.74, 6) is -3.15. The largest absolute Gasteiger partial charge is 0.468 e. The van der Waals surface area contributed by atoms with Crippen LogP contribution < -0.4 is 0 Å². The third-order valence-electron chi connectivity index (χ3n) is 6.07. The minimum atomic E-state index is -1.92. The molecular weight excluding hydrogens is 426 g/mol. The molecule has 162 valence electrons. The molecule has 2 atom stereocenters. The van der Waals surface area contributed by atoms with Crippen molar-refractivity contribution in [2.24, 2.45) is 10.8 Å². The van der Waals surface area contributed by atoms with E-state index in [9.17, 15) is 24.5 Å². The molecule has 3 rings (SSSR count). The zero-order valence-electron chi connectivity index (χ0n) is 17.1. The van der Waals surface area contributed by atoms with Crippen molar-refractivity contribution in [2.75, 3.05) is 14.2 Å². The Morgan fingerprint density at radius 3 is 1.94 bits per heavy atom. The number of esters is 2. The van der Waals surface area contributed by atoms with Crippen LogP contribution in [0.1, 0.15) is 35.2 Å². The van der Waals surface area contributed by atoms with Gasteiger partial charge in [0, 0.05) is 28.6 Å². The number of nitro groups is 1. The molecule has 1 saturated carbocycles. The zero-order valence-corrected chi connectivity index (χ0v) is 17.8. The SMILES string of the molecule is CCC1(C(=O)c2ccc(Cl)cc2)C(c2ccc([N+](=O)[O-])cc2)C1(C(=O)OC)C(=O)OC. The van der Waals surface area contributed by atoms with E-state index in [0.29, 0.717) is 10.6 Å². The van der Waals surface area contributed by atoms with Crippen LogP contribution in [0, 0.1) is 20.9 Å². The van der Waals surface area contributed by atoms with Crippen LogP contribution in [0.15, 0.2) is 48.5 Å². The molecule has 2 unspecified atom stereocenters. The zero-order chi connectivity index (χ0) is 23.0. The van der Waals surface area contributed by atoms with Gasteiger partial charge in [-0.2, -0.15) is 0 Å². The van der Waals surface area contributed by atoms with E-state index in [0.717, 1.165) is 14.2 Å². The highest BCUT2D eigenvalue weighted by Gasteiger charge is 2.88. The van der Waals surface area contributed by atoms with Crippen LogP contribution in [0.3, 0.4) is 0 Å². The lowest BCUT2D eigenvalue weighted by Crippen LogP contribution is -2.37. The lowest BCUT2D eigenvalue weighted by Gasteiger charge is -2.20. The van der Waals surface area contributed by atoms with Crippen molar-refractivity contribution in [3.63, 3.8) is 0 Å². The van der Waals surface area contributed by atoms with Crippen molar-refractivity contribution in [2.45, 2.75) is 19.3 Å². The quantitative estimate of drug-likeness (QED) is 0.208. The molecule has 1 aliphatic carbocycles. The number of non-ortho nitro benzene ring substituents is 1. The molecular formula is C22H20ClNO7. The normalized spacial score (nSPS) is 21.1. The van der Waals surface area contributed by atoms with Gasteiger partial charge in [-0.25, -0.2) is 0 Å². The Kier molecular flexibility index (Phi) is 5.87. The van der Waals surface area contributed by atoms with Gasteiger partial charge in [-0.05, 0) is 36.2 Å². The van der Waals surface area contributed by atoms with Crippen LogP contribution in [0.4, 0.5) is 5.69 Å². The van der Waals surface area contributed by atoms with Gasteiger partial charge in [-0.3, -0.25) is 24.5 Å². The van der Waals surface area contributed by atoms with E-state index >= 15 is 0 Å². The van der Waals surface area contributed by atoms with Crippen LogP contribution in [-0.4, -0.2) is 36.9 Å². The number of ether oxygens (including phenoxy) is 2. The molecule has 0 radical (unpaired) electrons. The second-order valence-corrected chi connectivity index (χ2v) is 7.67. The van der Waals surface area contributed by atoms with Crippen molar-refractivity contribution in [1.29, 1.82) is 0 Å². The molecule has 2 aromatic carbocycles. The number of methoxy groups -OCH3 is 2. The lowest BCUT2D eigenvalue weighted by atomic mass is 9.83. The summed E-state index contributed by atoms with van der Waals surface area (Å²) in [5.41, 5.74) is -2.87. The molecule has 0 saturated heterocycles. The Morgan fingerprint density at radius 1 is 1.00 bits per heavy atom. The first-order valence-corrected chi connectivity index (χ1v) is 9.81. The summed E-state index contributed by atoms with van der Waals surface area (Å²) in [5, 5.41) is 11.5. The molecule has 1 fully saturated rings. The van der Waals surface area contributed by atoms with Crippen LogP contribution >= 0.6 is 11.6 Å². The van der Waals surface area contributed by atoms with E-state index in [-0.39, 0.29) is 17.7 Å². The van der Waals surface area contributed by atoms with Crippen molar-refractivity contribution in [3.05, 3.63) is 74.8 Å². The first-order chi connectivity index (χ1) is 14.7. The number of hydrogen-bond acceptors (Lipinski definition) is 7. The number of halogens is 1. The fourth-order valence-electron chi connectivity index (χ4n) is 4.68. The summed E-state index contributed by atoms with van der Waals surface area (Å²) in [7, 11) is 2.26. The van der Waals surface area contributed by atoms with Gasteiger partial charge >= 0.3 is 11.9 Å². The highest BCUT2D eigenvalue weighted by Crippen LogP contribution is 2.77. The number of benzene rings is 2. The Labute approximate surface area is 183 Å². The molecule has 31 heavy (non-hydrogen) atoms. The molecule has 0 bridgehead atoms. The van der Waals surface area contributed by atoms with Gasteiger partial charge in [0.2, 0.25) is 0 Å². The molecule has 0 N–H and O–H groups in total. The third-order valence-corrected chi connectivity index (χ3v) is 6.32. The highest BCUT2D eigenvalue weighted by atomic mass is 35.5. The Bertz CT molecular complexity index is 1030. The Hall–Kier alpha value is -3.26. The van der Waals surface area contributed by atoms with Crippen molar-refractivity contribution >= 4 is 35.0 Å². The van der Waals surface area contributed by atoms with Gasteiger partial charge in [0.25, 0.3) is 5.69 Å². The van der Waals surface area contributed by atoms with Crippen molar-refractivity contribution < 1.29 is 28.8 Å². The van der Waals surface area contributed by atoms with Crippen molar-refractivity contribution in [3.8, 4) is 0 Å². The van der Waals surface area contributed by atoms with Gasteiger partial charge in [0.15, 0.2) is 11.2 Å². The maximum atomic E-state index is 13.7. The number of nitrogens with zero attached hydrogens (tertiary/aromatic N) is 1. The van der Waals surface area contributed by atoms with Gasteiger partial charge in [-0.1, -0.05) is 30.7 Å². The average Bonchev–Trinajstić information content (AvgIpc) is 3.43. The number of ketones is 1. The molecule has 1 aliphatic rings. The predicted octanol–water partition coefficient (Wildman–Crippen LogP) is 3.96. The van der Waals surface area contributed by atoms with Gasteiger partial charge < -0.3 is 9.47 Å². The minimum absolute atomic E-state index is 0.125. The first-order valence-electron chi connectivity index (χ1n) is 9.43. The Balaban J connectivity index is 2.24. The summed E-state index contributed by atoms with van der Waals surface area (Å²) < 4.78 is 9.91. The molecule has 0 aliphatic heterocycles. The van der Waals surface area contributed by atoms with E-state index in [4.69, 9.17) is 21.1 Å². The van der Waals surface area contributed by atoms with Crippen LogP contribution in [-0.2, 0) is 19.1 Å². The standard InChI is InChI=1S/C22H20ClNO7/c1-4-21(18(25)14-5-9-15(23)10-6-14)17(13-7-11-16(12-8-13)24(28)29)22(21,19(26)30-2)20(27)31-3/h5-12,17H,4H2,1-3H3. The fourth-order valence-corrected chi connectivity index (χ4v) is 4.80. The molecule has 0 aromatic heterocycles. The molecule has 9 heteroatoms. The van der Waals surface area contributed by atoms with E-state index in [1.54, 1.807) is 19.1 Å². The second kappa shape index (κ2) is 8.11. The van der Waals surface area contributed by atoms with Crippen LogP contribution in [0.2, 0.25) is 5.02 Å². The maximum Gasteiger partial charge on any atom is 0.324 e. The summed E-state index contributed by atoms with van der Waals surface area (Å²) in [6, 6.07) is 11.5. The van der Waals surface area contributed by atoms with Crippen LogP contribution in [0.5, 0.6) is 0 Å². The summed E-state index contributed by atoms with van der Waals surface area (Å²) >= 11 is 5.93. The topological polar surface area (TPSA) is 113 Å². The lowest BCUT2D eigenvalue weighted by molar-refractivity contribution is -0.384. The molecule has 0 amide bonds. The highest BCUT2D eigenvalue weighted by molar-refractivity contribution is 6.30. The first kappa shape index (κ1) is 22.4. The number of hydrogen-bond donors (Lipinski definition) is 0. The number of Topliss-reactive ketones (excluding diaryl/α,β-unsaturated/α-hetero) is 1. The smallest absolute Gasteiger partial charge is 0.324 e. The van der Waals surface area contributed by atoms with E-state index < -0.39 is 39.4 Å². The average molecular weight is 446 g/mol. The number of carbonyl (C=O) groups excluding carboxylic acids is 3. The second-order valence-electron chi connectivity index (χ2n) is 7.23. The number of nitro benzene ring substituents is 1. The van der Waals surface area contributed by atoms with Gasteiger partial charge in [0.05, 0.1) is 24.6 Å².